The van der Waals surface area contributed by atoms with E-state index >= 15 is 0 Å². The summed E-state index contributed by atoms with van der Waals surface area (Å²) in [5.74, 6) is 0.613. The van der Waals surface area contributed by atoms with Crippen LogP contribution < -0.4 is 10.6 Å². The third-order valence-corrected chi connectivity index (χ3v) is 7.97. The van der Waals surface area contributed by atoms with Crippen molar-refractivity contribution in [2.24, 2.45) is 11.8 Å². The van der Waals surface area contributed by atoms with Crippen molar-refractivity contribution in [3.63, 3.8) is 0 Å². The number of alkyl halides is 1. The summed E-state index contributed by atoms with van der Waals surface area (Å²) in [6, 6.07) is 13.4. The zero-order valence-electron chi connectivity index (χ0n) is 22.2. The third-order valence-electron chi connectivity index (χ3n) is 7.97. The fraction of sp³-hybridized carbons (Fsp3) is 0.290. The molecule has 0 saturated heterocycles. The standard InChI is InChI=1S/C31H29F2N5O2/c1-16(32)22-4-3-5-25(33)29(22)18-6-9-26(34-14-18)24-11-19-10-20(19)12-28(40)37-27-13-21(35-15-39)7-8-23(27)30-17(2)36-31(24)38-30/h3-9,13-16,19-20,24H,10-12H2,1-2H3,(H,35,39)(H,36,38)(H,37,40). The average Bonchev–Trinajstić information content (AvgIpc) is 3.54. The summed E-state index contributed by atoms with van der Waals surface area (Å²) in [6.45, 7) is 3.33. The van der Waals surface area contributed by atoms with Crippen LogP contribution in [0.1, 0.15) is 61.1 Å². The number of pyridine rings is 1. The number of aromatic amines is 1. The molecule has 3 heterocycles. The molecule has 4 unspecified atom stereocenters. The van der Waals surface area contributed by atoms with E-state index in [-0.39, 0.29) is 28.9 Å². The Morgan fingerprint density at radius 2 is 1.98 bits per heavy atom. The molecule has 1 fully saturated rings. The Balaban J connectivity index is 1.41. The highest BCUT2D eigenvalue weighted by Gasteiger charge is 2.41. The molecule has 0 spiro atoms. The van der Waals surface area contributed by atoms with Gasteiger partial charge in [-0.15, -0.1) is 0 Å². The molecule has 2 aromatic carbocycles. The fourth-order valence-corrected chi connectivity index (χ4v) is 5.82. The van der Waals surface area contributed by atoms with Crippen molar-refractivity contribution >= 4 is 23.7 Å². The number of aromatic nitrogens is 3. The molecular weight excluding hydrogens is 512 g/mol. The summed E-state index contributed by atoms with van der Waals surface area (Å²) >= 11 is 0. The Morgan fingerprint density at radius 3 is 2.73 bits per heavy atom. The van der Waals surface area contributed by atoms with Crippen LogP contribution in [0, 0.1) is 24.6 Å². The average molecular weight is 542 g/mol. The van der Waals surface area contributed by atoms with E-state index in [1.165, 1.54) is 19.1 Å². The highest BCUT2D eigenvalue weighted by Crippen LogP contribution is 2.49. The van der Waals surface area contributed by atoms with E-state index in [0.717, 1.165) is 35.6 Å². The van der Waals surface area contributed by atoms with Gasteiger partial charge in [0.25, 0.3) is 0 Å². The van der Waals surface area contributed by atoms with E-state index in [9.17, 15) is 18.4 Å². The van der Waals surface area contributed by atoms with Crippen LogP contribution >= 0.6 is 0 Å². The summed E-state index contributed by atoms with van der Waals surface area (Å²) in [5.41, 5.74) is 5.23. The van der Waals surface area contributed by atoms with Gasteiger partial charge in [-0.25, -0.2) is 13.8 Å². The minimum atomic E-state index is -1.32. The van der Waals surface area contributed by atoms with Gasteiger partial charge in [0.05, 0.1) is 23.0 Å². The lowest BCUT2D eigenvalue weighted by Gasteiger charge is -2.17. The molecule has 6 rings (SSSR count). The first-order valence-electron chi connectivity index (χ1n) is 13.4. The summed E-state index contributed by atoms with van der Waals surface area (Å²) in [4.78, 5) is 37.1. The highest BCUT2D eigenvalue weighted by atomic mass is 19.1. The monoisotopic (exact) mass is 541 g/mol. The number of nitrogens with zero attached hydrogens (tertiary/aromatic N) is 2. The molecule has 7 nitrogen and oxygen atoms in total. The van der Waals surface area contributed by atoms with E-state index in [1.807, 2.05) is 19.1 Å². The highest BCUT2D eigenvalue weighted by molar-refractivity contribution is 5.97. The number of benzene rings is 2. The number of fused-ring (bicyclic) bond motifs is 5. The Kier molecular flexibility index (Phi) is 6.65. The van der Waals surface area contributed by atoms with Crippen molar-refractivity contribution in [1.29, 1.82) is 0 Å². The molecule has 4 atom stereocenters. The number of hydrogen-bond acceptors (Lipinski definition) is 4. The van der Waals surface area contributed by atoms with Crippen molar-refractivity contribution in [3.8, 4) is 22.4 Å². The molecule has 9 heteroatoms. The number of nitrogens with one attached hydrogen (secondary N) is 3. The maximum absolute atomic E-state index is 14.8. The second-order valence-corrected chi connectivity index (χ2v) is 10.7. The van der Waals surface area contributed by atoms with E-state index in [0.29, 0.717) is 41.4 Å². The molecule has 4 aromatic rings. The second-order valence-electron chi connectivity index (χ2n) is 10.7. The molecule has 0 radical (unpaired) electrons. The Bertz CT molecular complexity index is 1600. The summed E-state index contributed by atoms with van der Waals surface area (Å²) < 4.78 is 29.0. The molecule has 1 aliphatic carbocycles. The van der Waals surface area contributed by atoms with E-state index < -0.39 is 12.0 Å². The maximum atomic E-state index is 14.8. The number of hydrogen-bond donors (Lipinski definition) is 3. The Hall–Kier alpha value is -4.40. The smallest absolute Gasteiger partial charge is 0.224 e. The number of rotatable bonds is 5. The molecule has 3 N–H and O–H groups in total. The van der Waals surface area contributed by atoms with E-state index in [1.54, 1.807) is 30.5 Å². The van der Waals surface area contributed by atoms with Gasteiger partial charge in [0, 0.05) is 40.7 Å². The van der Waals surface area contributed by atoms with Crippen LogP contribution in [0.5, 0.6) is 0 Å². The van der Waals surface area contributed by atoms with E-state index in [4.69, 9.17) is 9.97 Å². The number of halogens is 2. The predicted molar refractivity (Wildman–Crippen MR) is 149 cm³/mol. The molecule has 2 bridgehead atoms. The number of imidazole rings is 1. The molecule has 1 saturated carbocycles. The second kappa shape index (κ2) is 10.3. The number of anilines is 2. The van der Waals surface area contributed by atoms with Gasteiger partial charge in [0.2, 0.25) is 12.3 Å². The van der Waals surface area contributed by atoms with Crippen LogP contribution in [0.25, 0.3) is 22.4 Å². The molecule has 2 amide bonds. The topological polar surface area (TPSA) is 99.8 Å². The van der Waals surface area contributed by atoms with Gasteiger partial charge in [-0.1, -0.05) is 18.2 Å². The first-order chi connectivity index (χ1) is 19.3. The minimum Gasteiger partial charge on any atom is -0.345 e. The number of amides is 2. The third kappa shape index (κ3) is 4.87. The van der Waals surface area contributed by atoms with Crippen LogP contribution in [-0.2, 0) is 9.59 Å². The minimum absolute atomic E-state index is 0.0761. The zero-order chi connectivity index (χ0) is 28.0. The quantitative estimate of drug-likeness (QED) is 0.245. The van der Waals surface area contributed by atoms with E-state index in [2.05, 4.69) is 15.6 Å². The van der Waals surface area contributed by atoms with Gasteiger partial charge >= 0.3 is 0 Å². The molecule has 1 aliphatic heterocycles. The Morgan fingerprint density at radius 1 is 1.12 bits per heavy atom. The number of aryl methyl sites for hydroxylation is 1. The van der Waals surface area contributed by atoms with Crippen molar-refractivity contribution in [2.45, 2.75) is 45.2 Å². The first-order valence-corrected chi connectivity index (χ1v) is 13.4. The summed E-state index contributed by atoms with van der Waals surface area (Å²) in [6.07, 6.45) is 2.97. The van der Waals surface area contributed by atoms with Gasteiger partial charge in [-0.2, -0.15) is 0 Å². The Labute approximate surface area is 230 Å². The van der Waals surface area contributed by atoms with Crippen LogP contribution in [0.15, 0.2) is 54.7 Å². The normalized spacial score (nSPS) is 20.7. The summed E-state index contributed by atoms with van der Waals surface area (Å²) in [7, 11) is 0. The van der Waals surface area contributed by atoms with Crippen molar-refractivity contribution in [2.75, 3.05) is 10.6 Å². The largest absolute Gasteiger partial charge is 0.345 e. The van der Waals surface area contributed by atoms with Gasteiger partial charge in [0.1, 0.15) is 17.8 Å². The molecule has 2 aromatic heterocycles. The maximum Gasteiger partial charge on any atom is 0.224 e. The fourth-order valence-electron chi connectivity index (χ4n) is 5.82. The van der Waals surface area contributed by atoms with Crippen LogP contribution in [0.4, 0.5) is 20.2 Å². The lowest BCUT2D eigenvalue weighted by Crippen LogP contribution is -2.15. The number of carbonyl (C=O) groups excluding carboxylic acids is 2. The SMILES string of the molecule is Cc1[nH]c2nc1-c1ccc(NC=O)cc1NC(=O)CC1CC1CC2c1ccc(-c2c(F)cccc2C(C)F)cn1. The van der Waals surface area contributed by atoms with Crippen molar-refractivity contribution in [3.05, 3.63) is 83.3 Å². The van der Waals surface area contributed by atoms with Crippen LogP contribution in [0.2, 0.25) is 0 Å². The number of H-pyrrole nitrogens is 1. The van der Waals surface area contributed by atoms with Gasteiger partial charge in [-0.3, -0.25) is 14.6 Å². The van der Waals surface area contributed by atoms with Crippen molar-refractivity contribution < 1.29 is 18.4 Å². The van der Waals surface area contributed by atoms with Crippen LogP contribution in [-0.4, -0.2) is 27.3 Å². The van der Waals surface area contributed by atoms with Gasteiger partial charge in [-0.05, 0) is 74.4 Å². The molecule has 204 valence electrons. The zero-order valence-corrected chi connectivity index (χ0v) is 22.2. The lowest BCUT2D eigenvalue weighted by atomic mass is 9.93. The van der Waals surface area contributed by atoms with Gasteiger partial charge in [0.15, 0.2) is 0 Å². The van der Waals surface area contributed by atoms with Crippen molar-refractivity contribution in [1.82, 2.24) is 15.0 Å². The summed E-state index contributed by atoms with van der Waals surface area (Å²) in [5, 5.41) is 5.66. The molecule has 40 heavy (non-hydrogen) atoms. The molecule has 2 aliphatic rings. The van der Waals surface area contributed by atoms with Gasteiger partial charge < -0.3 is 15.6 Å². The first kappa shape index (κ1) is 25.9. The molecular formula is C31H29F2N5O2. The predicted octanol–water partition coefficient (Wildman–Crippen LogP) is 6.69. The number of carbonyl (C=O) groups is 2. The van der Waals surface area contributed by atoms with Crippen LogP contribution in [0.3, 0.4) is 0 Å². The lowest BCUT2D eigenvalue weighted by molar-refractivity contribution is -0.116.